The normalized spacial score (nSPS) is 22.6. The number of nitrogens with zero attached hydrogens (tertiary/aromatic N) is 1. The first-order valence-electron chi connectivity index (χ1n) is 7.28. The molecule has 0 spiro atoms. The molecule has 1 aromatic rings. The van der Waals surface area contributed by atoms with Crippen LogP contribution in [0.2, 0.25) is 0 Å². The fourth-order valence-electron chi connectivity index (χ4n) is 3.20. The van der Waals surface area contributed by atoms with Crippen LogP contribution in [0.15, 0.2) is 30.3 Å². The molecule has 0 aliphatic carbocycles. The summed E-state index contributed by atoms with van der Waals surface area (Å²) in [6.45, 7) is 3.09. The highest BCUT2D eigenvalue weighted by atomic mass is 16.6. The third-order valence-corrected chi connectivity index (χ3v) is 4.28. The van der Waals surface area contributed by atoms with Gasteiger partial charge in [0.1, 0.15) is 6.61 Å². The van der Waals surface area contributed by atoms with Crippen molar-refractivity contribution in [3.05, 3.63) is 35.9 Å². The van der Waals surface area contributed by atoms with Crippen LogP contribution >= 0.6 is 0 Å². The second kappa shape index (κ2) is 6.28. The maximum atomic E-state index is 12.4. The van der Waals surface area contributed by atoms with Gasteiger partial charge in [0.25, 0.3) is 0 Å². The number of ether oxygens (including phenoxy) is 1. The van der Waals surface area contributed by atoms with Gasteiger partial charge in [0.05, 0.1) is 0 Å². The Balaban J connectivity index is 2.25. The van der Waals surface area contributed by atoms with Crippen molar-refractivity contribution in [2.75, 3.05) is 0 Å². The van der Waals surface area contributed by atoms with Gasteiger partial charge in [-0.15, -0.1) is 0 Å². The molecule has 7 nitrogen and oxygen atoms in total. The molecule has 1 heterocycles. The average Bonchev–Trinajstić information content (AvgIpc) is 2.77. The molecule has 1 aliphatic rings. The fraction of sp³-hybridized carbons (Fsp3) is 0.438. The quantitative estimate of drug-likeness (QED) is 0.822. The zero-order valence-electron chi connectivity index (χ0n) is 12.9. The van der Waals surface area contributed by atoms with Gasteiger partial charge in [-0.3, -0.25) is 4.90 Å². The third kappa shape index (κ3) is 2.74. The minimum atomic E-state index is -2.30. The SMILES string of the molecule is CC1C[C@@H](C)N(C(=O)OCc2ccccc2)C1(C(=O)O)C(=O)O. The van der Waals surface area contributed by atoms with Gasteiger partial charge in [-0.25, -0.2) is 14.4 Å². The Morgan fingerprint density at radius 3 is 2.26 bits per heavy atom. The van der Waals surface area contributed by atoms with Crippen LogP contribution in [0, 0.1) is 5.92 Å². The van der Waals surface area contributed by atoms with E-state index in [1.54, 1.807) is 31.2 Å². The summed E-state index contributed by atoms with van der Waals surface area (Å²) in [5.74, 6) is -3.84. The molecular weight excluding hydrogens is 302 g/mol. The molecule has 7 heteroatoms. The van der Waals surface area contributed by atoms with Gasteiger partial charge in [0.2, 0.25) is 5.54 Å². The maximum Gasteiger partial charge on any atom is 0.411 e. The first-order chi connectivity index (χ1) is 10.8. The van der Waals surface area contributed by atoms with E-state index in [9.17, 15) is 24.6 Å². The number of carboxylic acids is 2. The highest BCUT2D eigenvalue weighted by molar-refractivity contribution is 6.06. The Hall–Kier alpha value is -2.57. The van der Waals surface area contributed by atoms with Gasteiger partial charge < -0.3 is 14.9 Å². The first-order valence-corrected chi connectivity index (χ1v) is 7.28. The second-order valence-electron chi connectivity index (χ2n) is 5.77. The van der Waals surface area contributed by atoms with Crippen molar-refractivity contribution in [1.82, 2.24) is 4.90 Å². The first kappa shape index (κ1) is 16.8. The lowest BCUT2D eigenvalue weighted by Crippen LogP contribution is -2.62. The summed E-state index contributed by atoms with van der Waals surface area (Å²) in [5.41, 5.74) is -1.57. The number of amides is 1. The van der Waals surface area contributed by atoms with Crippen molar-refractivity contribution in [3.63, 3.8) is 0 Å². The van der Waals surface area contributed by atoms with Crippen LogP contribution in [0.3, 0.4) is 0 Å². The van der Waals surface area contributed by atoms with Gasteiger partial charge in [0, 0.05) is 12.0 Å². The van der Waals surface area contributed by atoms with Crippen LogP contribution in [0.4, 0.5) is 4.79 Å². The van der Waals surface area contributed by atoms with Crippen molar-refractivity contribution in [3.8, 4) is 0 Å². The number of carbonyl (C=O) groups is 3. The molecule has 0 radical (unpaired) electrons. The summed E-state index contributed by atoms with van der Waals surface area (Å²) < 4.78 is 5.15. The molecule has 2 N–H and O–H groups in total. The largest absolute Gasteiger partial charge is 0.479 e. The number of aliphatic carboxylic acids is 2. The number of carboxylic acid groups (broad SMARTS) is 2. The molecule has 2 atom stereocenters. The van der Waals surface area contributed by atoms with Crippen LogP contribution in [-0.2, 0) is 20.9 Å². The summed E-state index contributed by atoms with van der Waals surface area (Å²) in [6.07, 6.45) is -0.658. The molecule has 1 aliphatic heterocycles. The highest BCUT2D eigenvalue weighted by Gasteiger charge is 2.64. The number of rotatable bonds is 4. The third-order valence-electron chi connectivity index (χ3n) is 4.28. The average molecular weight is 321 g/mol. The van der Waals surface area contributed by atoms with Crippen LogP contribution < -0.4 is 0 Å². The molecule has 23 heavy (non-hydrogen) atoms. The molecule has 1 aromatic carbocycles. The molecule has 0 saturated carbocycles. The Morgan fingerprint density at radius 1 is 1.17 bits per heavy atom. The van der Waals surface area contributed by atoms with E-state index in [4.69, 9.17) is 4.74 Å². The molecule has 1 amide bonds. The molecule has 0 aromatic heterocycles. The predicted molar refractivity (Wildman–Crippen MR) is 79.7 cm³/mol. The molecule has 2 rings (SSSR count). The lowest BCUT2D eigenvalue weighted by Gasteiger charge is -2.34. The van der Waals surface area contributed by atoms with Crippen molar-refractivity contribution < 1.29 is 29.3 Å². The van der Waals surface area contributed by atoms with E-state index in [0.29, 0.717) is 0 Å². The second-order valence-corrected chi connectivity index (χ2v) is 5.77. The van der Waals surface area contributed by atoms with Crippen molar-refractivity contribution in [1.29, 1.82) is 0 Å². The van der Waals surface area contributed by atoms with Crippen molar-refractivity contribution in [2.24, 2.45) is 5.92 Å². The van der Waals surface area contributed by atoms with Gasteiger partial charge in [-0.1, -0.05) is 37.3 Å². The fourth-order valence-corrected chi connectivity index (χ4v) is 3.20. The molecule has 0 bridgehead atoms. The monoisotopic (exact) mass is 321 g/mol. The van der Waals surface area contributed by atoms with Gasteiger partial charge >= 0.3 is 18.0 Å². The van der Waals surface area contributed by atoms with Crippen LogP contribution in [0.25, 0.3) is 0 Å². The van der Waals surface area contributed by atoms with Crippen molar-refractivity contribution >= 4 is 18.0 Å². The van der Waals surface area contributed by atoms with E-state index < -0.39 is 35.5 Å². The van der Waals surface area contributed by atoms with Crippen LogP contribution in [0.5, 0.6) is 0 Å². The summed E-state index contributed by atoms with van der Waals surface area (Å²) in [4.78, 5) is 36.6. The van der Waals surface area contributed by atoms with Crippen LogP contribution in [0.1, 0.15) is 25.8 Å². The standard InChI is InChI=1S/C16H19NO6/c1-10-8-11(2)17(16(10,13(18)19)14(20)21)15(22)23-9-12-6-4-3-5-7-12/h3-7,10-11H,8-9H2,1-2H3,(H,18,19)(H,20,21)/t10?,11-/m1/s1. The maximum absolute atomic E-state index is 12.4. The lowest BCUT2D eigenvalue weighted by molar-refractivity contribution is -0.167. The molecule has 1 saturated heterocycles. The van der Waals surface area contributed by atoms with E-state index in [-0.39, 0.29) is 13.0 Å². The number of hydrogen-bond acceptors (Lipinski definition) is 4. The van der Waals surface area contributed by atoms with Gasteiger partial charge in [-0.05, 0) is 18.9 Å². The number of hydrogen-bond donors (Lipinski definition) is 2. The minimum absolute atomic E-state index is 0.0490. The number of carbonyl (C=O) groups excluding carboxylic acids is 1. The van der Waals surface area contributed by atoms with E-state index in [1.807, 2.05) is 6.07 Å². The summed E-state index contributed by atoms with van der Waals surface area (Å²) in [5, 5.41) is 19.0. The zero-order chi connectivity index (χ0) is 17.2. The number of likely N-dealkylation sites (tertiary alicyclic amines) is 1. The lowest BCUT2D eigenvalue weighted by atomic mass is 9.86. The minimum Gasteiger partial charge on any atom is -0.479 e. The Kier molecular flexibility index (Phi) is 4.58. The summed E-state index contributed by atoms with van der Waals surface area (Å²) in [6, 6.07) is 8.34. The van der Waals surface area contributed by atoms with Gasteiger partial charge in [-0.2, -0.15) is 0 Å². The molecular formula is C16H19NO6. The summed E-state index contributed by atoms with van der Waals surface area (Å²) >= 11 is 0. The van der Waals surface area contributed by atoms with Gasteiger partial charge in [0.15, 0.2) is 0 Å². The van der Waals surface area contributed by atoms with E-state index in [1.165, 1.54) is 6.92 Å². The smallest absolute Gasteiger partial charge is 0.411 e. The Bertz CT molecular complexity index is 600. The Labute approximate surface area is 133 Å². The highest BCUT2D eigenvalue weighted by Crippen LogP contribution is 2.40. The molecule has 1 unspecified atom stereocenters. The topological polar surface area (TPSA) is 104 Å². The van der Waals surface area contributed by atoms with E-state index in [0.717, 1.165) is 10.5 Å². The predicted octanol–water partition coefficient (Wildman–Crippen LogP) is 1.96. The zero-order valence-corrected chi connectivity index (χ0v) is 12.9. The van der Waals surface area contributed by atoms with Crippen LogP contribution in [-0.4, -0.2) is 44.7 Å². The molecule has 124 valence electrons. The molecule has 1 fully saturated rings. The van der Waals surface area contributed by atoms with E-state index in [2.05, 4.69) is 0 Å². The Morgan fingerprint density at radius 2 is 1.74 bits per heavy atom. The van der Waals surface area contributed by atoms with E-state index >= 15 is 0 Å². The summed E-state index contributed by atoms with van der Waals surface area (Å²) in [7, 11) is 0. The number of benzene rings is 1. The van der Waals surface area contributed by atoms with Crippen molar-refractivity contribution in [2.45, 2.75) is 38.5 Å².